The Bertz CT molecular complexity index is 930. The van der Waals surface area contributed by atoms with Crippen molar-refractivity contribution in [2.24, 2.45) is 5.92 Å². The van der Waals surface area contributed by atoms with E-state index in [1.54, 1.807) is 6.92 Å². The van der Waals surface area contributed by atoms with Gasteiger partial charge in [-0.25, -0.2) is 18.0 Å². The lowest BCUT2D eigenvalue weighted by Crippen LogP contribution is -2.61. The molecule has 4 atom stereocenters. The van der Waals surface area contributed by atoms with E-state index in [0.29, 0.717) is 19.4 Å². The first-order valence-corrected chi connectivity index (χ1v) is 9.90. The van der Waals surface area contributed by atoms with Crippen molar-refractivity contribution < 1.29 is 22.8 Å². The molecule has 160 valence electrons. The van der Waals surface area contributed by atoms with Gasteiger partial charge < -0.3 is 20.9 Å². The molecule has 2 heterocycles. The summed E-state index contributed by atoms with van der Waals surface area (Å²) in [5.74, 6) is -2.95. The number of amides is 3. The van der Waals surface area contributed by atoms with E-state index >= 15 is 0 Å². The van der Waals surface area contributed by atoms with E-state index in [9.17, 15) is 22.8 Å². The third-order valence-corrected chi connectivity index (χ3v) is 6.24. The predicted molar refractivity (Wildman–Crippen MR) is 101 cm³/mol. The summed E-state index contributed by atoms with van der Waals surface area (Å²) in [4.78, 5) is 26.8. The van der Waals surface area contributed by atoms with Gasteiger partial charge in [0.25, 0.3) is 0 Å². The van der Waals surface area contributed by atoms with E-state index in [-0.39, 0.29) is 24.2 Å². The Morgan fingerprint density at radius 1 is 1.40 bits per heavy atom. The zero-order chi connectivity index (χ0) is 21.6. The average Bonchev–Trinajstić information content (AvgIpc) is 3.52. The number of rotatable bonds is 4. The molecule has 0 radical (unpaired) electrons. The van der Waals surface area contributed by atoms with Gasteiger partial charge in [0.05, 0.1) is 30.3 Å². The molecule has 0 bridgehead atoms. The van der Waals surface area contributed by atoms with Gasteiger partial charge in [0.1, 0.15) is 11.7 Å². The molecule has 7 nitrogen and oxygen atoms in total. The van der Waals surface area contributed by atoms with Crippen LogP contribution in [0, 0.1) is 28.9 Å². The summed E-state index contributed by atoms with van der Waals surface area (Å²) in [7, 11) is 0. The molecule has 1 aromatic rings. The third-order valence-electron chi connectivity index (χ3n) is 6.24. The average molecular weight is 421 g/mol. The molecule has 30 heavy (non-hydrogen) atoms. The van der Waals surface area contributed by atoms with Crippen molar-refractivity contribution in [1.82, 2.24) is 15.5 Å². The Hall–Kier alpha value is -2.80. The fourth-order valence-electron chi connectivity index (χ4n) is 4.29. The maximum absolute atomic E-state index is 14.4. The smallest absolute Gasteiger partial charge is 0.323 e. The number of nitrogens with zero attached hydrogens (tertiary/aromatic N) is 2. The molecule has 4 rings (SSSR count). The number of nitrogens with one attached hydrogen (secondary N) is 3. The van der Waals surface area contributed by atoms with Crippen molar-refractivity contribution in [2.45, 2.75) is 56.5 Å². The number of hydrogen-bond donors (Lipinski definition) is 3. The number of fused-ring (bicyclic) bond motifs is 1. The van der Waals surface area contributed by atoms with Crippen LogP contribution >= 0.6 is 0 Å². The van der Waals surface area contributed by atoms with Crippen LogP contribution in [-0.2, 0) is 11.3 Å². The van der Waals surface area contributed by atoms with Crippen LogP contribution in [0.3, 0.4) is 0 Å². The highest BCUT2D eigenvalue weighted by Crippen LogP contribution is 2.45. The molecule has 3 amide bonds. The van der Waals surface area contributed by atoms with Gasteiger partial charge >= 0.3 is 6.03 Å². The van der Waals surface area contributed by atoms with Crippen LogP contribution in [0.4, 0.5) is 23.7 Å². The third kappa shape index (κ3) is 3.37. The van der Waals surface area contributed by atoms with Gasteiger partial charge in [0.15, 0.2) is 11.6 Å². The number of urea groups is 1. The molecule has 3 aliphatic rings. The van der Waals surface area contributed by atoms with Crippen LogP contribution in [0.1, 0.15) is 31.7 Å². The maximum Gasteiger partial charge on any atom is 0.323 e. The van der Waals surface area contributed by atoms with Crippen molar-refractivity contribution >= 4 is 17.6 Å². The zero-order valence-corrected chi connectivity index (χ0v) is 16.3. The quantitative estimate of drug-likeness (QED) is 0.694. The van der Waals surface area contributed by atoms with E-state index in [1.165, 1.54) is 11.0 Å². The number of carbonyl (C=O) groups is 2. The van der Waals surface area contributed by atoms with Gasteiger partial charge in [-0.3, -0.25) is 4.79 Å². The topological polar surface area (TPSA) is 97.3 Å². The first-order valence-electron chi connectivity index (χ1n) is 9.90. The SMILES string of the molecule is C[C@@H](NC(=O)C1(N2Cc3c(ccc(F)c3F)NC2=O)CC1)C1NCC(C#N)CC1F. The molecule has 3 N–H and O–H groups in total. The van der Waals surface area contributed by atoms with E-state index in [2.05, 4.69) is 16.0 Å². The summed E-state index contributed by atoms with van der Waals surface area (Å²) < 4.78 is 42.3. The first kappa shape index (κ1) is 20.5. The molecule has 1 aromatic carbocycles. The monoisotopic (exact) mass is 421 g/mol. The van der Waals surface area contributed by atoms with Crippen molar-refractivity contribution in [3.8, 4) is 6.07 Å². The van der Waals surface area contributed by atoms with E-state index in [1.807, 2.05) is 6.07 Å². The minimum Gasteiger partial charge on any atom is -0.350 e. The lowest BCUT2D eigenvalue weighted by atomic mass is 9.90. The van der Waals surface area contributed by atoms with Crippen LogP contribution in [0.2, 0.25) is 0 Å². The molecule has 1 saturated heterocycles. The fourth-order valence-corrected chi connectivity index (χ4v) is 4.29. The molecule has 2 fully saturated rings. The van der Waals surface area contributed by atoms with Gasteiger partial charge in [-0.2, -0.15) is 5.26 Å². The maximum atomic E-state index is 14.4. The fraction of sp³-hybridized carbons (Fsp3) is 0.550. The Morgan fingerprint density at radius 2 is 2.13 bits per heavy atom. The highest BCUT2D eigenvalue weighted by atomic mass is 19.2. The van der Waals surface area contributed by atoms with Gasteiger partial charge in [0.2, 0.25) is 5.91 Å². The van der Waals surface area contributed by atoms with Gasteiger partial charge in [0, 0.05) is 18.2 Å². The van der Waals surface area contributed by atoms with Crippen LogP contribution < -0.4 is 16.0 Å². The van der Waals surface area contributed by atoms with Crippen molar-refractivity contribution in [3.05, 3.63) is 29.3 Å². The Labute approximate surface area is 171 Å². The Morgan fingerprint density at radius 3 is 2.77 bits per heavy atom. The summed E-state index contributed by atoms with van der Waals surface area (Å²) >= 11 is 0. The normalized spacial score (nSPS) is 28.0. The molecular formula is C20H22F3N5O2. The Balaban J connectivity index is 1.47. The van der Waals surface area contributed by atoms with Crippen molar-refractivity contribution in [2.75, 3.05) is 11.9 Å². The second-order valence-electron chi connectivity index (χ2n) is 8.21. The number of hydrogen-bond acceptors (Lipinski definition) is 4. The Kier molecular flexibility index (Phi) is 5.10. The molecule has 10 heteroatoms. The summed E-state index contributed by atoms with van der Waals surface area (Å²) in [6.45, 7) is 1.76. The van der Waals surface area contributed by atoms with Crippen LogP contribution in [0.15, 0.2) is 12.1 Å². The molecule has 1 saturated carbocycles. The van der Waals surface area contributed by atoms with Crippen LogP contribution in [0.25, 0.3) is 0 Å². The summed E-state index contributed by atoms with van der Waals surface area (Å²) in [6, 6.07) is 2.45. The number of piperidine rings is 1. The van der Waals surface area contributed by atoms with E-state index in [4.69, 9.17) is 5.26 Å². The summed E-state index contributed by atoms with van der Waals surface area (Å²) in [5.41, 5.74) is -1.01. The largest absolute Gasteiger partial charge is 0.350 e. The summed E-state index contributed by atoms with van der Waals surface area (Å²) in [6.07, 6.45) is -0.455. The van der Waals surface area contributed by atoms with Crippen LogP contribution in [-0.4, -0.2) is 47.2 Å². The van der Waals surface area contributed by atoms with Gasteiger partial charge in [-0.05, 0) is 38.3 Å². The minimum absolute atomic E-state index is 0.0120. The lowest BCUT2D eigenvalue weighted by molar-refractivity contribution is -0.128. The second kappa shape index (κ2) is 7.47. The minimum atomic E-state index is -1.30. The number of carbonyl (C=O) groups excluding carboxylic acids is 2. The molecule has 0 aromatic heterocycles. The molecule has 3 unspecified atom stereocenters. The number of halogens is 3. The second-order valence-corrected chi connectivity index (χ2v) is 8.21. The number of anilines is 1. The van der Waals surface area contributed by atoms with Crippen molar-refractivity contribution in [3.63, 3.8) is 0 Å². The molecule has 2 aliphatic heterocycles. The number of nitriles is 1. The van der Waals surface area contributed by atoms with Crippen molar-refractivity contribution in [1.29, 1.82) is 5.26 Å². The zero-order valence-electron chi connectivity index (χ0n) is 16.3. The van der Waals surface area contributed by atoms with Gasteiger partial charge in [-0.15, -0.1) is 0 Å². The lowest BCUT2D eigenvalue weighted by Gasteiger charge is -2.38. The van der Waals surface area contributed by atoms with E-state index < -0.39 is 53.3 Å². The van der Waals surface area contributed by atoms with Gasteiger partial charge in [-0.1, -0.05) is 0 Å². The number of benzene rings is 1. The predicted octanol–water partition coefficient (Wildman–Crippen LogP) is 2.19. The molecule has 1 aliphatic carbocycles. The standard InChI is InChI=1S/C20H22F3N5O2/c1-10(17-14(22)6-11(7-24)8-25-17)26-18(29)20(4-5-20)28-9-12-15(27-19(28)30)3-2-13(21)16(12)23/h2-3,10-11,14,17,25H,4-6,8-9H2,1H3,(H,26,29)(H,27,30)/t10-,11?,14?,17?/m1/s1. The first-order chi connectivity index (χ1) is 14.3. The molecule has 0 spiro atoms. The van der Waals surface area contributed by atoms with E-state index in [0.717, 1.165) is 6.07 Å². The molecular weight excluding hydrogens is 399 g/mol. The number of alkyl halides is 1. The highest BCUT2D eigenvalue weighted by Gasteiger charge is 2.58. The van der Waals surface area contributed by atoms with Crippen LogP contribution in [0.5, 0.6) is 0 Å². The highest BCUT2D eigenvalue weighted by molar-refractivity contribution is 5.99. The summed E-state index contributed by atoms with van der Waals surface area (Å²) in [5, 5.41) is 17.2.